The van der Waals surface area contributed by atoms with E-state index in [1.54, 1.807) is 0 Å². The lowest BCUT2D eigenvalue weighted by molar-refractivity contribution is -0.171. The van der Waals surface area contributed by atoms with E-state index in [2.05, 4.69) is 62.5 Å². The van der Waals surface area contributed by atoms with Gasteiger partial charge in [0.05, 0.1) is 13.2 Å². The van der Waals surface area contributed by atoms with Crippen molar-refractivity contribution in [1.82, 2.24) is 0 Å². The second-order valence-corrected chi connectivity index (χ2v) is 13.5. The third-order valence-electron chi connectivity index (χ3n) is 8.92. The maximum Gasteiger partial charge on any atom is 0.306 e. The number of unbranched alkanes of at least 4 members (excludes halogenated alkanes) is 16. The predicted molar refractivity (Wildman–Crippen MR) is 201 cm³/mol. The highest BCUT2D eigenvalue weighted by Crippen LogP contribution is 2.24. The van der Waals surface area contributed by atoms with Gasteiger partial charge in [-0.05, 0) is 77.0 Å². The zero-order valence-corrected chi connectivity index (χ0v) is 31.2. The van der Waals surface area contributed by atoms with Crippen molar-refractivity contribution in [3.05, 3.63) is 48.6 Å². The highest BCUT2D eigenvalue weighted by Gasteiger charge is 2.45. The molecule has 0 bridgehead atoms. The van der Waals surface area contributed by atoms with Crippen LogP contribution in [0, 0.1) is 0 Å². The van der Waals surface area contributed by atoms with Crippen LogP contribution in [0.2, 0.25) is 0 Å². The molecule has 1 heterocycles. The fourth-order valence-electron chi connectivity index (χ4n) is 5.89. The Morgan fingerprint density at radius 1 is 0.633 bits per heavy atom. The molecule has 1 rings (SSSR count). The highest BCUT2D eigenvalue weighted by molar-refractivity contribution is 5.70. The van der Waals surface area contributed by atoms with Gasteiger partial charge in [0.2, 0.25) is 0 Å². The first-order valence-electron chi connectivity index (χ1n) is 19.9. The summed E-state index contributed by atoms with van der Waals surface area (Å²) in [5.74, 6) is -0.816. The molecule has 2 N–H and O–H groups in total. The van der Waals surface area contributed by atoms with Crippen LogP contribution in [0.25, 0.3) is 0 Å². The number of carbonyl (C=O) groups excluding carboxylic acids is 2. The van der Waals surface area contributed by atoms with Gasteiger partial charge in [-0.1, -0.05) is 127 Å². The van der Waals surface area contributed by atoms with Gasteiger partial charge in [-0.25, -0.2) is 0 Å². The molecule has 49 heavy (non-hydrogen) atoms. The molecule has 0 radical (unpaired) electrons. The lowest BCUT2D eigenvalue weighted by Crippen LogP contribution is -2.45. The Hall–Kier alpha value is -2.22. The maximum absolute atomic E-state index is 12.5. The minimum atomic E-state index is -1.02. The van der Waals surface area contributed by atoms with E-state index in [9.17, 15) is 19.8 Å². The van der Waals surface area contributed by atoms with Crippen molar-refractivity contribution in [3.8, 4) is 0 Å². The fourth-order valence-corrected chi connectivity index (χ4v) is 5.89. The number of hydrogen-bond acceptors (Lipinski definition) is 7. The normalized spacial score (nSPS) is 18.8. The fraction of sp³-hybridized carbons (Fsp3) is 0.762. The van der Waals surface area contributed by atoms with E-state index in [4.69, 9.17) is 14.2 Å². The molecule has 1 aliphatic heterocycles. The highest BCUT2D eigenvalue weighted by atomic mass is 16.6. The second-order valence-electron chi connectivity index (χ2n) is 13.5. The van der Waals surface area contributed by atoms with Gasteiger partial charge in [-0.15, -0.1) is 0 Å². The van der Waals surface area contributed by atoms with Crippen LogP contribution in [0.5, 0.6) is 0 Å². The van der Waals surface area contributed by atoms with Gasteiger partial charge >= 0.3 is 11.9 Å². The van der Waals surface area contributed by atoms with Crippen LogP contribution < -0.4 is 0 Å². The first-order valence-corrected chi connectivity index (χ1v) is 19.9. The molecule has 1 fully saturated rings. The van der Waals surface area contributed by atoms with E-state index >= 15 is 0 Å². The molecular weight excluding hydrogens is 616 g/mol. The Kier molecular flexibility index (Phi) is 30.1. The number of allylic oxidation sites excluding steroid dienone is 8. The average Bonchev–Trinajstić information content (AvgIpc) is 3.45. The van der Waals surface area contributed by atoms with E-state index in [0.717, 1.165) is 89.9 Å². The SMILES string of the molecule is CCCCC/C=C\C/C=C\CCCCCCCC(=O)O[C@H]1[C@@H]([C@@H](CO)OC(=O)CCCCCCC/C=C\C/C=C\CCCCC)OC[C@@H]1O. The Labute approximate surface area is 299 Å². The quantitative estimate of drug-likeness (QED) is 0.0412. The Bertz CT molecular complexity index is 909. The molecule has 1 saturated heterocycles. The number of aliphatic hydroxyl groups excluding tert-OH is 2. The van der Waals surface area contributed by atoms with Gasteiger partial charge in [0.1, 0.15) is 12.2 Å². The Balaban J connectivity index is 2.15. The molecular formula is C42H72O7. The molecule has 7 heteroatoms. The number of aliphatic hydroxyl groups is 2. The molecule has 7 nitrogen and oxygen atoms in total. The van der Waals surface area contributed by atoms with Crippen molar-refractivity contribution in [2.24, 2.45) is 0 Å². The maximum atomic E-state index is 12.5. The molecule has 0 unspecified atom stereocenters. The zero-order valence-electron chi connectivity index (χ0n) is 31.2. The topological polar surface area (TPSA) is 102 Å². The number of rotatable bonds is 32. The minimum Gasteiger partial charge on any atom is -0.457 e. The lowest BCUT2D eigenvalue weighted by Gasteiger charge is -2.27. The molecule has 0 aromatic carbocycles. The number of esters is 2. The Morgan fingerprint density at radius 3 is 1.53 bits per heavy atom. The summed E-state index contributed by atoms with van der Waals surface area (Å²) >= 11 is 0. The molecule has 0 spiro atoms. The number of carbonyl (C=O) groups is 2. The van der Waals surface area contributed by atoms with E-state index in [-0.39, 0.29) is 19.4 Å². The van der Waals surface area contributed by atoms with Gasteiger partial charge < -0.3 is 24.4 Å². The van der Waals surface area contributed by atoms with Crippen molar-refractivity contribution < 1.29 is 34.0 Å². The molecule has 0 aliphatic carbocycles. The van der Waals surface area contributed by atoms with Gasteiger partial charge in [0.15, 0.2) is 12.2 Å². The molecule has 282 valence electrons. The summed E-state index contributed by atoms with van der Waals surface area (Å²) in [6, 6.07) is 0. The Morgan fingerprint density at radius 2 is 1.06 bits per heavy atom. The van der Waals surface area contributed by atoms with E-state index in [0.29, 0.717) is 0 Å². The van der Waals surface area contributed by atoms with E-state index < -0.39 is 43.0 Å². The summed E-state index contributed by atoms with van der Waals surface area (Å²) in [4.78, 5) is 25.0. The summed E-state index contributed by atoms with van der Waals surface area (Å²) < 4.78 is 16.7. The summed E-state index contributed by atoms with van der Waals surface area (Å²) in [7, 11) is 0. The largest absolute Gasteiger partial charge is 0.457 e. The third-order valence-corrected chi connectivity index (χ3v) is 8.92. The second kappa shape index (κ2) is 33.0. The molecule has 0 aromatic rings. The monoisotopic (exact) mass is 689 g/mol. The molecule has 0 amide bonds. The number of ether oxygens (including phenoxy) is 3. The van der Waals surface area contributed by atoms with E-state index in [1.165, 1.54) is 51.4 Å². The first kappa shape index (κ1) is 44.8. The van der Waals surface area contributed by atoms with Gasteiger partial charge in [0.25, 0.3) is 0 Å². The predicted octanol–water partition coefficient (Wildman–Crippen LogP) is 10.2. The molecule has 4 atom stereocenters. The summed E-state index contributed by atoms with van der Waals surface area (Å²) in [6.07, 6.45) is 39.0. The van der Waals surface area contributed by atoms with Crippen LogP contribution in [0.4, 0.5) is 0 Å². The smallest absolute Gasteiger partial charge is 0.306 e. The van der Waals surface area contributed by atoms with Crippen LogP contribution in [-0.4, -0.2) is 59.8 Å². The standard InChI is InChI=1S/C42H72O7/c1-3-5-7-9-11-13-15-17-19-21-23-25-27-29-31-33-39(45)48-38(35-43)42-41(37(44)36-47-42)49-40(46)34-32-30-28-26-24-22-20-18-16-14-12-10-8-6-4-2/h11-14,17-20,37-38,41-44H,3-10,15-16,21-36H2,1-2H3/b13-11-,14-12-,19-17-,20-18-/t37-,38+,41+,42+/m0/s1. The van der Waals surface area contributed by atoms with Crippen LogP contribution in [0.3, 0.4) is 0 Å². The van der Waals surface area contributed by atoms with Crippen LogP contribution in [0.15, 0.2) is 48.6 Å². The first-order chi connectivity index (χ1) is 24.0. The van der Waals surface area contributed by atoms with Crippen LogP contribution >= 0.6 is 0 Å². The summed E-state index contributed by atoms with van der Waals surface area (Å²) in [5.41, 5.74) is 0. The van der Waals surface area contributed by atoms with Crippen LogP contribution in [-0.2, 0) is 23.8 Å². The van der Waals surface area contributed by atoms with E-state index in [1.807, 2.05) is 0 Å². The van der Waals surface area contributed by atoms with Crippen LogP contribution in [0.1, 0.15) is 168 Å². The zero-order chi connectivity index (χ0) is 35.6. The molecule has 0 aromatic heterocycles. The van der Waals surface area contributed by atoms with Crippen molar-refractivity contribution in [3.63, 3.8) is 0 Å². The third kappa shape index (κ3) is 25.4. The van der Waals surface area contributed by atoms with Gasteiger partial charge in [-0.3, -0.25) is 9.59 Å². The average molecular weight is 689 g/mol. The number of hydrogen-bond donors (Lipinski definition) is 2. The minimum absolute atomic E-state index is 0.0364. The van der Waals surface area contributed by atoms with Gasteiger partial charge in [0, 0.05) is 12.8 Å². The lowest BCUT2D eigenvalue weighted by atomic mass is 10.1. The van der Waals surface area contributed by atoms with Crippen molar-refractivity contribution in [1.29, 1.82) is 0 Å². The molecule has 0 saturated carbocycles. The van der Waals surface area contributed by atoms with Crippen molar-refractivity contribution >= 4 is 11.9 Å². The van der Waals surface area contributed by atoms with Gasteiger partial charge in [-0.2, -0.15) is 0 Å². The van der Waals surface area contributed by atoms with Crippen molar-refractivity contribution in [2.45, 2.75) is 192 Å². The molecule has 1 aliphatic rings. The summed E-state index contributed by atoms with van der Waals surface area (Å²) in [5, 5.41) is 20.3. The summed E-state index contributed by atoms with van der Waals surface area (Å²) in [6.45, 7) is 3.95. The van der Waals surface area contributed by atoms with Crippen molar-refractivity contribution in [2.75, 3.05) is 13.2 Å².